The molecule has 146 valence electrons. The van der Waals surface area contributed by atoms with Gasteiger partial charge in [0, 0.05) is 11.6 Å². The van der Waals surface area contributed by atoms with Crippen LogP contribution in [0.15, 0.2) is 48.5 Å². The van der Waals surface area contributed by atoms with Gasteiger partial charge in [0.25, 0.3) is 17.5 Å². The van der Waals surface area contributed by atoms with Gasteiger partial charge in [-0.05, 0) is 56.4 Å². The van der Waals surface area contributed by atoms with Crippen LogP contribution in [0.1, 0.15) is 34.6 Å². The largest absolute Gasteiger partial charge is 0.491 e. The molecule has 2 amide bonds. The van der Waals surface area contributed by atoms with Gasteiger partial charge in [0.2, 0.25) is 0 Å². The van der Waals surface area contributed by atoms with Gasteiger partial charge in [-0.15, -0.1) is 0 Å². The molecule has 0 saturated carbocycles. The van der Waals surface area contributed by atoms with E-state index in [1.165, 1.54) is 24.3 Å². The Balaban J connectivity index is 1.91. The summed E-state index contributed by atoms with van der Waals surface area (Å²) in [5, 5.41) is 13.2. The van der Waals surface area contributed by atoms with Crippen molar-refractivity contribution >= 4 is 34.8 Å². The van der Waals surface area contributed by atoms with Crippen molar-refractivity contribution in [3.8, 4) is 5.75 Å². The first kappa shape index (κ1) is 20.8. The number of nitro groups is 1. The lowest BCUT2D eigenvalue weighted by molar-refractivity contribution is -0.385. The molecule has 0 unspecified atom stereocenters. The zero-order valence-corrected chi connectivity index (χ0v) is 15.9. The average Bonchev–Trinajstić information content (AvgIpc) is 2.66. The SMILES string of the molecule is CC(C)Oc1ccc(C(=O)NC(=S)NNC(=O)c2ccccc2[N+](=O)[O-])cc1. The van der Waals surface area contributed by atoms with Crippen molar-refractivity contribution in [2.75, 3.05) is 0 Å². The van der Waals surface area contributed by atoms with Crippen molar-refractivity contribution in [3.05, 3.63) is 69.8 Å². The number of nitrogens with one attached hydrogen (secondary N) is 3. The highest BCUT2D eigenvalue weighted by molar-refractivity contribution is 7.80. The van der Waals surface area contributed by atoms with E-state index in [-0.39, 0.29) is 22.5 Å². The fourth-order valence-corrected chi connectivity index (χ4v) is 2.31. The molecule has 3 N–H and O–H groups in total. The van der Waals surface area contributed by atoms with Gasteiger partial charge >= 0.3 is 0 Å². The van der Waals surface area contributed by atoms with Crippen LogP contribution in [0.25, 0.3) is 0 Å². The van der Waals surface area contributed by atoms with Crippen LogP contribution in [0.5, 0.6) is 5.75 Å². The fraction of sp³-hybridized carbons (Fsp3) is 0.167. The first-order valence-electron chi connectivity index (χ1n) is 8.19. The summed E-state index contributed by atoms with van der Waals surface area (Å²) in [6.45, 7) is 3.78. The topological polar surface area (TPSA) is 123 Å². The lowest BCUT2D eigenvalue weighted by Gasteiger charge is -2.12. The van der Waals surface area contributed by atoms with Crippen molar-refractivity contribution in [1.29, 1.82) is 0 Å². The molecule has 0 aliphatic rings. The molecule has 0 aromatic heterocycles. The van der Waals surface area contributed by atoms with Gasteiger partial charge in [-0.25, -0.2) is 0 Å². The van der Waals surface area contributed by atoms with Crippen molar-refractivity contribution in [2.45, 2.75) is 20.0 Å². The quantitative estimate of drug-likeness (QED) is 0.398. The molecule has 2 aromatic rings. The Bertz CT molecular complexity index is 899. The molecule has 0 heterocycles. The summed E-state index contributed by atoms with van der Waals surface area (Å²) in [6.07, 6.45) is 0.0144. The highest BCUT2D eigenvalue weighted by Gasteiger charge is 2.19. The Morgan fingerprint density at radius 2 is 1.68 bits per heavy atom. The van der Waals surface area contributed by atoms with Crippen LogP contribution in [0.2, 0.25) is 0 Å². The first-order valence-corrected chi connectivity index (χ1v) is 8.60. The third kappa shape index (κ3) is 5.74. The van der Waals surface area contributed by atoms with Crippen LogP contribution >= 0.6 is 12.2 Å². The molecule has 2 rings (SSSR count). The first-order chi connectivity index (χ1) is 13.3. The third-order valence-electron chi connectivity index (χ3n) is 3.35. The second-order valence-corrected chi connectivity index (χ2v) is 6.24. The summed E-state index contributed by atoms with van der Waals surface area (Å²) in [5.74, 6) is -0.628. The van der Waals surface area contributed by atoms with Gasteiger partial charge in [0.15, 0.2) is 5.11 Å². The summed E-state index contributed by atoms with van der Waals surface area (Å²) in [5.41, 5.74) is 4.40. The standard InChI is InChI=1S/C18H18N4O5S/c1-11(2)27-13-9-7-12(8-10-13)16(23)19-18(28)21-20-17(24)14-5-3-4-6-15(14)22(25)26/h3-11H,1-2H3,(H,20,24)(H2,19,21,23,28). The second-order valence-electron chi connectivity index (χ2n) is 5.83. The number of hydrogen-bond acceptors (Lipinski definition) is 6. The molecular weight excluding hydrogens is 384 g/mol. The highest BCUT2D eigenvalue weighted by atomic mass is 32.1. The van der Waals surface area contributed by atoms with Gasteiger partial charge in [-0.1, -0.05) is 12.1 Å². The van der Waals surface area contributed by atoms with Crippen LogP contribution in [0.3, 0.4) is 0 Å². The van der Waals surface area contributed by atoms with Crippen molar-refractivity contribution in [2.24, 2.45) is 0 Å². The average molecular weight is 402 g/mol. The molecule has 0 saturated heterocycles. The number of ether oxygens (including phenoxy) is 1. The summed E-state index contributed by atoms with van der Waals surface area (Å²) < 4.78 is 5.50. The molecule has 0 radical (unpaired) electrons. The Labute approximate surface area is 166 Å². The van der Waals surface area contributed by atoms with Crippen LogP contribution in [0.4, 0.5) is 5.69 Å². The lowest BCUT2D eigenvalue weighted by atomic mass is 10.2. The highest BCUT2D eigenvalue weighted by Crippen LogP contribution is 2.17. The van der Waals surface area contributed by atoms with E-state index < -0.39 is 16.7 Å². The number of amides is 2. The minimum atomic E-state index is -0.765. The summed E-state index contributed by atoms with van der Waals surface area (Å²) in [6, 6.07) is 11.9. The van der Waals surface area contributed by atoms with Gasteiger partial charge in [0.05, 0.1) is 11.0 Å². The summed E-state index contributed by atoms with van der Waals surface area (Å²) in [4.78, 5) is 34.6. The molecule has 0 aliphatic carbocycles. The molecule has 0 atom stereocenters. The Morgan fingerprint density at radius 1 is 1.04 bits per heavy atom. The van der Waals surface area contributed by atoms with Gasteiger partial charge in [-0.3, -0.25) is 35.9 Å². The second kappa shape index (κ2) is 9.42. The number of nitro benzene ring substituents is 1. The molecule has 0 aliphatic heterocycles. The maximum Gasteiger partial charge on any atom is 0.282 e. The predicted molar refractivity (Wildman–Crippen MR) is 106 cm³/mol. The van der Waals surface area contributed by atoms with Gasteiger partial charge in [0.1, 0.15) is 11.3 Å². The van der Waals surface area contributed by atoms with E-state index in [4.69, 9.17) is 17.0 Å². The molecule has 0 fully saturated rings. The molecular formula is C18H18N4O5S. The predicted octanol–water partition coefficient (Wildman–Crippen LogP) is 2.33. The molecule has 0 bridgehead atoms. The van der Waals surface area contributed by atoms with Crippen LogP contribution in [-0.4, -0.2) is 28.0 Å². The van der Waals surface area contributed by atoms with E-state index in [0.717, 1.165) is 0 Å². The van der Waals surface area contributed by atoms with E-state index in [0.29, 0.717) is 11.3 Å². The Hall–Kier alpha value is -3.53. The van der Waals surface area contributed by atoms with Crippen LogP contribution in [0, 0.1) is 10.1 Å². The third-order valence-corrected chi connectivity index (χ3v) is 3.55. The molecule has 2 aromatic carbocycles. The number of nitrogens with zero attached hydrogens (tertiary/aromatic N) is 1. The zero-order chi connectivity index (χ0) is 20.7. The number of rotatable bonds is 5. The summed E-state index contributed by atoms with van der Waals surface area (Å²) in [7, 11) is 0. The van der Waals surface area contributed by atoms with E-state index >= 15 is 0 Å². The maximum atomic E-state index is 12.2. The van der Waals surface area contributed by atoms with Crippen molar-refractivity contribution < 1.29 is 19.2 Å². The fourth-order valence-electron chi connectivity index (χ4n) is 2.17. The number of para-hydroxylation sites is 1. The Kier molecular flexibility index (Phi) is 6.99. The van der Waals surface area contributed by atoms with E-state index in [2.05, 4.69) is 16.2 Å². The minimum absolute atomic E-state index is 0.0144. The minimum Gasteiger partial charge on any atom is -0.491 e. The number of hydrogen-bond donors (Lipinski definition) is 3. The zero-order valence-electron chi connectivity index (χ0n) is 15.1. The smallest absolute Gasteiger partial charge is 0.282 e. The maximum absolute atomic E-state index is 12.2. The van der Waals surface area contributed by atoms with Crippen molar-refractivity contribution in [3.63, 3.8) is 0 Å². The number of thiocarbonyl (C=S) groups is 1. The normalized spacial score (nSPS) is 10.1. The monoisotopic (exact) mass is 402 g/mol. The number of carbonyl (C=O) groups excluding carboxylic acids is 2. The van der Waals surface area contributed by atoms with Crippen molar-refractivity contribution in [1.82, 2.24) is 16.2 Å². The Morgan fingerprint density at radius 3 is 2.29 bits per heavy atom. The van der Waals surface area contributed by atoms with Crippen LogP contribution in [-0.2, 0) is 0 Å². The number of benzene rings is 2. The van der Waals surface area contributed by atoms with Gasteiger partial charge < -0.3 is 4.74 Å². The molecule has 9 nitrogen and oxygen atoms in total. The lowest BCUT2D eigenvalue weighted by Crippen LogP contribution is -2.48. The summed E-state index contributed by atoms with van der Waals surface area (Å²) >= 11 is 4.95. The molecule has 10 heteroatoms. The number of carbonyl (C=O) groups is 2. The molecule has 0 spiro atoms. The van der Waals surface area contributed by atoms with E-state index in [1.807, 2.05) is 13.8 Å². The van der Waals surface area contributed by atoms with E-state index in [1.54, 1.807) is 24.3 Å². The van der Waals surface area contributed by atoms with Gasteiger partial charge in [-0.2, -0.15) is 0 Å². The van der Waals surface area contributed by atoms with Crippen LogP contribution < -0.4 is 20.9 Å². The number of hydrazine groups is 1. The molecule has 28 heavy (non-hydrogen) atoms. The van der Waals surface area contributed by atoms with E-state index in [9.17, 15) is 19.7 Å².